The van der Waals surface area contributed by atoms with Crippen LogP contribution in [0.4, 0.5) is 0 Å². The van der Waals surface area contributed by atoms with Crippen LogP contribution in [-0.2, 0) is 9.47 Å². The maximum atomic E-state index is 9.72. The van der Waals surface area contributed by atoms with Crippen LogP contribution in [0.25, 0.3) is 0 Å². The molecule has 0 unspecified atom stereocenters. The van der Waals surface area contributed by atoms with Crippen LogP contribution < -0.4 is 0 Å². The topological polar surface area (TPSA) is 123 Å². The van der Waals surface area contributed by atoms with Crippen molar-refractivity contribution < 1.29 is 29.9 Å². The Labute approximate surface area is 105 Å². The molecule has 1 heterocycles. The highest BCUT2D eigenvalue weighted by Crippen LogP contribution is 2.26. The second kappa shape index (κ2) is 5.93. The molecule has 0 aromatic heterocycles. The molecule has 0 aliphatic carbocycles. The molecule has 6 atom stereocenters. The van der Waals surface area contributed by atoms with Gasteiger partial charge in [-0.2, -0.15) is 5.26 Å². The van der Waals surface area contributed by atoms with Gasteiger partial charge in [-0.05, 0) is 13.3 Å². The summed E-state index contributed by atoms with van der Waals surface area (Å²) >= 11 is 0. The fourth-order valence-corrected chi connectivity index (χ4v) is 1.61. The molecule has 0 amide bonds. The second-order valence-corrected chi connectivity index (χ2v) is 4.51. The summed E-state index contributed by atoms with van der Waals surface area (Å²) in [6.45, 7) is 2.72. The van der Waals surface area contributed by atoms with Gasteiger partial charge in [-0.3, -0.25) is 0 Å². The van der Waals surface area contributed by atoms with Gasteiger partial charge in [0.05, 0.1) is 12.7 Å². The molecule has 1 fully saturated rings. The van der Waals surface area contributed by atoms with Crippen LogP contribution in [0.2, 0.25) is 0 Å². The zero-order valence-electron chi connectivity index (χ0n) is 10.4. The van der Waals surface area contributed by atoms with E-state index in [9.17, 15) is 15.3 Å². The minimum Gasteiger partial charge on any atom is -0.394 e. The predicted octanol–water partition coefficient (Wildman–Crippen LogP) is -1.50. The quantitative estimate of drug-likeness (QED) is 0.485. The average molecular weight is 261 g/mol. The molecule has 104 valence electrons. The van der Waals surface area contributed by atoms with Crippen molar-refractivity contribution in [2.24, 2.45) is 0 Å². The van der Waals surface area contributed by atoms with Gasteiger partial charge in [0, 0.05) is 0 Å². The van der Waals surface area contributed by atoms with Gasteiger partial charge in [0.25, 0.3) is 0 Å². The summed E-state index contributed by atoms with van der Waals surface area (Å²) in [4.78, 5) is 0. The van der Waals surface area contributed by atoms with Gasteiger partial charge in [-0.1, -0.05) is 6.92 Å². The van der Waals surface area contributed by atoms with Crippen molar-refractivity contribution >= 4 is 0 Å². The summed E-state index contributed by atoms with van der Waals surface area (Å²) in [5.41, 5.74) is -1.17. The first kappa shape index (κ1) is 15.3. The van der Waals surface area contributed by atoms with E-state index in [2.05, 4.69) is 0 Å². The molecule has 1 saturated heterocycles. The minimum atomic E-state index is -1.50. The van der Waals surface area contributed by atoms with Gasteiger partial charge < -0.3 is 29.9 Å². The molecule has 4 N–H and O–H groups in total. The summed E-state index contributed by atoms with van der Waals surface area (Å²) in [7, 11) is 0. The molecule has 0 saturated carbocycles. The Balaban J connectivity index is 2.80. The molecule has 0 radical (unpaired) electrons. The van der Waals surface area contributed by atoms with Gasteiger partial charge in [0.2, 0.25) is 0 Å². The number of nitriles is 1. The zero-order chi connectivity index (χ0) is 13.9. The Bertz CT molecular complexity index is 317. The normalized spacial score (nSPS) is 39.9. The summed E-state index contributed by atoms with van der Waals surface area (Å²) in [6, 6.07) is 1.93. The number of nitrogens with zero attached hydrogens (tertiary/aromatic N) is 1. The third-order valence-corrected chi connectivity index (χ3v) is 3.14. The van der Waals surface area contributed by atoms with Crippen LogP contribution in [0.3, 0.4) is 0 Å². The lowest BCUT2D eigenvalue weighted by Gasteiger charge is -2.41. The fraction of sp³-hybridized carbons (Fsp3) is 0.909. The van der Waals surface area contributed by atoms with Gasteiger partial charge in [-0.25, -0.2) is 0 Å². The molecule has 1 rings (SSSR count). The first-order valence-corrected chi connectivity index (χ1v) is 5.78. The van der Waals surface area contributed by atoms with Crippen molar-refractivity contribution in [3.05, 3.63) is 0 Å². The van der Waals surface area contributed by atoms with E-state index < -0.39 is 42.9 Å². The lowest BCUT2D eigenvalue weighted by molar-refractivity contribution is -0.318. The van der Waals surface area contributed by atoms with Crippen molar-refractivity contribution in [1.29, 1.82) is 5.26 Å². The Hall–Kier alpha value is -0.750. The molecule has 0 spiro atoms. The smallest absolute Gasteiger partial charge is 0.188 e. The fourth-order valence-electron chi connectivity index (χ4n) is 1.61. The van der Waals surface area contributed by atoms with E-state index in [0.29, 0.717) is 6.42 Å². The number of aliphatic hydroxyl groups excluding tert-OH is 4. The van der Waals surface area contributed by atoms with Gasteiger partial charge >= 0.3 is 0 Å². The molecule has 7 nitrogen and oxygen atoms in total. The van der Waals surface area contributed by atoms with Crippen LogP contribution in [0, 0.1) is 11.3 Å². The van der Waals surface area contributed by atoms with Crippen LogP contribution in [0.15, 0.2) is 0 Å². The Kier molecular flexibility index (Phi) is 5.04. The minimum absolute atomic E-state index is 0.360. The Morgan fingerprint density at radius 1 is 1.28 bits per heavy atom. The van der Waals surface area contributed by atoms with E-state index in [0.717, 1.165) is 0 Å². The maximum Gasteiger partial charge on any atom is 0.188 e. The van der Waals surface area contributed by atoms with Crippen molar-refractivity contribution in [3.63, 3.8) is 0 Å². The third-order valence-electron chi connectivity index (χ3n) is 3.14. The number of hydrogen-bond acceptors (Lipinski definition) is 7. The summed E-state index contributed by atoms with van der Waals surface area (Å²) in [5, 5.41) is 46.8. The Morgan fingerprint density at radius 3 is 2.33 bits per heavy atom. The molecule has 0 bridgehead atoms. The average Bonchev–Trinajstić information content (AvgIpc) is 2.39. The van der Waals surface area contributed by atoms with E-state index in [1.807, 2.05) is 6.07 Å². The molecular weight excluding hydrogens is 242 g/mol. The highest BCUT2D eigenvalue weighted by molar-refractivity contribution is 4.99. The maximum absolute atomic E-state index is 9.72. The first-order valence-electron chi connectivity index (χ1n) is 5.78. The van der Waals surface area contributed by atoms with Crippen LogP contribution in [-0.4, -0.2) is 63.3 Å². The highest BCUT2D eigenvalue weighted by atomic mass is 16.7. The predicted molar refractivity (Wildman–Crippen MR) is 59.2 cm³/mol. The van der Waals surface area contributed by atoms with Crippen LogP contribution >= 0.6 is 0 Å². The lowest BCUT2D eigenvalue weighted by Crippen LogP contribution is -2.60. The summed E-state index contributed by atoms with van der Waals surface area (Å²) in [5.74, 6) is 0. The standard InChI is InChI=1S/C11H19NO6/c1-3-11(2,5-12)18-10-9(16)8(15)7(14)6(4-13)17-10/h6-10,13-16H,3-4H2,1-2H3/t6-,7+,8-,9-,10-,11+/m0/s1. The van der Waals surface area contributed by atoms with Crippen LogP contribution in [0.5, 0.6) is 0 Å². The Morgan fingerprint density at radius 2 is 1.89 bits per heavy atom. The third kappa shape index (κ3) is 2.98. The number of hydrogen-bond donors (Lipinski definition) is 4. The van der Waals surface area contributed by atoms with Gasteiger partial charge in [0.1, 0.15) is 24.4 Å². The van der Waals surface area contributed by atoms with E-state index in [4.69, 9.17) is 19.8 Å². The van der Waals surface area contributed by atoms with E-state index in [1.54, 1.807) is 6.92 Å². The van der Waals surface area contributed by atoms with Gasteiger partial charge in [0.15, 0.2) is 11.9 Å². The lowest BCUT2D eigenvalue weighted by atomic mass is 9.98. The van der Waals surface area contributed by atoms with Crippen LogP contribution in [0.1, 0.15) is 20.3 Å². The molecule has 1 aliphatic heterocycles. The van der Waals surface area contributed by atoms with Gasteiger partial charge in [-0.15, -0.1) is 0 Å². The molecule has 18 heavy (non-hydrogen) atoms. The first-order chi connectivity index (χ1) is 8.38. The van der Waals surface area contributed by atoms with E-state index in [1.165, 1.54) is 6.92 Å². The monoisotopic (exact) mass is 261 g/mol. The molecule has 7 heteroatoms. The molecule has 0 aromatic rings. The van der Waals surface area contributed by atoms with E-state index >= 15 is 0 Å². The number of rotatable bonds is 4. The zero-order valence-corrected chi connectivity index (χ0v) is 10.4. The van der Waals surface area contributed by atoms with Crippen molar-refractivity contribution in [3.8, 4) is 6.07 Å². The van der Waals surface area contributed by atoms with Crippen molar-refractivity contribution in [1.82, 2.24) is 0 Å². The largest absolute Gasteiger partial charge is 0.394 e. The second-order valence-electron chi connectivity index (χ2n) is 4.51. The summed E-state index contributed by atoms with van der Waals surface area (Å²) in [6.07, 6.45) is -6.36. The number of aliphatic hydroxyl groups is 4. The van der Waals surface area contributed by atoms with E-state index in [-0.39, 0.29) is 0 Å². The molecular formula is C11H19NO6. The van der Waals surface area contributed by atoms with Crippen molar-refractivity contribution in [2.45, 2.75) is 56.6 Å². The number of ether oxygens (including phenoxy) is 2. The molecule has 0 aromatic carbocycles. The summed E-state index contributed by atoms with van der Waals surface area (Å²) < 4.78 is 10.5. The molecule has 1 aliphatic rings. The van der Waals surface area contributed by atoms with Crippen molar-refractivity contribution in [2.75, 3.05) is 6.61 Å². The highest BCUT2D eigenvalue weighted by Gasteiger charge is 2.46. The SMILES string of the molecule is CC[C@](C)(C#N)O[C@@H]1O[C@@H](CO)[C@@H](O)[C@H](O)[C@@H]1O.